The molecule has 0 aromatic rings. The Morgan fingerprint density at radius 1 is 1.44 bits per heavy atom. The molecule has 104 valence electrons. The first-order chi connectivity index (χ1) is 8.38. The Morgan fingerprint density at radius 2 is 2.06 bits per heavy atom. The number of carboxylic acid groups (broad SMARTS) is 1. The van der Waals surface area contributed by atoms with E-state index in [-0.39, 0.29) is 5.91 Å². The van der Waals surface area contributed by atoms with Gasteiger partial charge in [-0.25, -0.2) is 4.79 Å². The maximum atomic E-state index is 12.5. The molecule has 0 aliphatic carbocycles. The van der Waals surface area contributed by atoms with Crippen LogP contribution in [0.15, 0.2) is 0 Å². The van der Waals surface area contributed by atoms with Crippen molar-refractivity contribution in [2.45, 2.75) is 57.6 Å². The van der Waals surface area contributed by atoms with E-state index in [1.165, 1.54) is 12.0 Å². The lowest BCUT2D eigenvalue weighted by molar-refractivity contribution is -0.167. The van der Waals surface area contributed by atoms with Crippen LogP contribution >= 0.6 is 0 Å². The molecule has 1 N–H and O–H groups in total. The van der Waals surface area contributed by atoms with Crippen molar-refractivity contribution in [2.24, 2.45) is 0 Å². The van der Waals surface area contributed by atoms with Crippen LogP contribution in [0.4, 0.5) is 0 Å². The van der Waals surface area contributed by atoms with Crippen molar-refractivity contribution in [1.82, 2.24) is 4.90 Å². The monoisotopic (exact) mass is 257 g/mol. The first kappa shape index (κ1) is 15.0. The zero-order valence-corrected chi connectivity index (χ0v) is 11.7. The van der Waals surface area contributed by atoms with Crippen molar-refractivity contribution in [2.75, 3.05) is 13.7 Å². The molecule has 1 aliphatic heterocycles. The summed E-state index contributed by atoms with van der Waals surface area (Å²) in [6.07, 6.45) is 2.21. The molecule has 1 saturated heterocycles. The molecule has 1 amide bonds. The van der Waals surface area contributed by atoms with Gasteiger partial charge in [0, 0.05) is 13.7 Å². The van der Waals surface area contributed by atoms with Crippen LogP contribution in [-0.4, -0.2) is 46.7 Å². The molecule has 1 fully saturated rings. The molecule has 18 heavy (non-hydrogen) atoms. The molecule has 0 aromatic heterocycles. The van der Waals surface area contributed by atoms with Crippen LogP contribution in [0.25, 0.3) is 0 Å². The average Bonchev–Trinajstić information content (AvgIpc) is 2.81. The summed E-state index contributed by atoms with van der Waals surface area (Å²) in [6.45, 7) is 5.90. The van der Waals surface area contributed by atoms with Crippen molar-refractivity contribution in [1.29, 1.82) is 0 Å². The van der Waals surface area contributed by atoms with E-state index in [9.17, 15) is 14.7 Å². The molecule has 1 rings (SSSR count). The molecule has 2 atom stereocenters. The Bertz CT molecular complexity index is 338. The number of hydrogen-bond acceptors (Lipinski definition) is 3. The van der Waals surface area contributed by atoms with Crippen molar-refractivity contribution in [3.63, 3.8) is 0 Å². The highest BCUT2D eigenvalue weighted by atomic mass is 16.5. The Labute approximate surface area is 108 Å². The lowest BCUT2D eigenvalue weighted by atomic mass is 9.90. The Balaban J connectivity index is 3.08. The maximum Gasteiger partial charge on any atom is 0.329 e. The van der Waals surface area contributed by atoms with Gasteiger partial charge in [-0.2, -0.15) is 0 Å². The summed E-state index contributed by atoms with van der Waals surface area (Å²) in [5, 5.41) is 9.46. The predicted molar refractivity (Wildman–Crippen MR) is 67.3 cm³/mol. The van der Waals surface area contributed by atoms with E-state index in [4.69, 9.17) is 4.74 Å². The number of likely N-dealkylation sites (tertiary alicyclic amines) is 1. The minimum atomic E-state index is -1.05. The van der Waals surface area contributed by atoms with Gasteiger partial charge >= 0.3 is 5.97 Å². The van der Waals surface area contributed by atoms with E-state index in [0.29, 0.717) is 25.8 Å². The fourth-order valence-corrected chi connectivity index (χ4v) is 2.58. The van der Waals surface area contributed by atoms with Gasteiger partial charge in [0.2, 0.25) is 0 Å². The normalized spacial score (nSPS) is 27.0. The summed E-state index contributed by atoms with van der Waals surface area (Å²) in [5.41, 5.74) is -1.98. The molecule has 1 aliphatic rings. The summed E-state index contributed by atoms with van der Waals surface area (Å²) < 4.78 is 5.29. The second kappa shape index (κ2) is 5.26. The van der Waals surface area contributed by atoms with Crippen LogP contribution in [0.5, 0.6) is 0 Å². The number of amides is 1. The molecule has 1 heterocycles. The van der Waals surface area contributed by atoms with Gasteiger partial charge in [0.1, 0.15) is 11.1 Å². The first-order valence-corrected chi connectivity index (χ1v) is 6.48. The van der Waals surface area contributed by atoms with Gasteiger partial charge in [0.05, 0.1) is 0 Å². The average molecular weight is 257 g/mol. The zero-order valence-electron chi connectivity index (χ0n) is 11.7. The third-order valence-electron chi connectivity index (χ3n) is 4.29. The van der Waals surface area contributed by atoms with Crippen molar-refractivity contribution < 1.29 is 19.4 Å². The number of aliphatic carboxylic acids is 1. The molecule has 5 heteroatoms. The highest BCUT2D eigenvalue weighted by Gasteiger charge is 2.52. The topological polar surface area (TPSA) is 66.8 Å². The van der Waals surface area contributed by atoms with Gasteiger partial charge < -0.3 is 14.7 Å². The van der Waals surface area contributed by atoms with E-state index in [1.54, 1.807) is 6.92 Å². The van der Waals surface area contributed by atoms with E-state index in [2.05, 4.69) is 0 Å². The molecular weight excluding hydrogens is 234 g/mol. The van der Waals surface area contributed by atoms with Crippen LogP contribution in [0.1, 0.15) is 46.5 Å². The van der Waals surface area contributed by atoms with Crippen LogP contribution in [0, 0.1) is 0 Å². The first-order valence-electron chi connectivity index (χ1n) is 6.48. The fourth-order valence-electron chi connectivity index (χ4n) is 2.58. The van der Waals surface area contributed by atoms with Gasteiger partial charge in [0.25, 0.3) is 5.91 Å². The number of carboxylic acids is 1. The molecular formula is C13H23NO4. The number of carbonyl (C=O) groups is 2. The summed E-state index contributed by atoms with van der Waals surface area (Å²) in [4.78, 5) is 25.6. The minimum Gasteiger partial charge on any atom is -0.479 e. The third-order valence-corrected chi connectivity index (χ3v) is 4.29. The van der Waals surface area contributed by atoms with Gasteiger partial charge in [-0.1, -0.05) is 13.8 Å². The highest BCUT2D eigenvalue weighted by molar-refractivity contribution is 5.92. The second-order valence-corrected chi connectivity index (χ2v) is 5.04. The molecule has 0 saturated carbocycles. The van der Waals surface area contributed by atoms with Gasteiger partial charge in [0.15, 0.2) is 0 Å². The number of methoxy groups -OCH3 is 1. The number of ether oxygens (including phenoxy) is 1. The third kappa shape index (κ3) is 2.11. The van der Waals surface area contributed by atoms with Crippen LogP contribution in [0.3, 0.4) is 0 Å². The standard InChI is InChI=1S/C13H23NO4/c1-5-12(3,18-4)10(15)14-9-7-8-13(14,6-2)11(16)17/h5-9H2,1-4H3,(H,16,17). The SMILES string of the molecule is CCC(C)(OC)C(=O)N1CCCC1(CC)C(=O)O. The van der Waals surface area contributed by atoms with Crippen molar-refractivity contribution in [3.8, 4) is 0 Å². The number of nitrogens with zero attached hydrogens (tertiary/aromatic N) is 1. The Morgan fingerprint density at radius 3 is 2.44 bits per heavy atom. The molecule has 5 nitrogen and oxygen atoms in total. The van der Waals surface area contributed by atoms with Crippen molar-refractivity contribution >= 4 is 11.9 Å². The predicted octanol–water partition coefficient (Wildman–Crippen LogP) is 1.66. The summed E-state index contributed by atoms with van der Waals surface area (Å²) in [5.74, 6) is -1.13. The largest absolute Gasteiger partial charge is 0.479 e. The van der Waals surface area contributed by atoms with E-state index >= 15 is 0 Å². The Kier molecular flexibility index (Phi) is 4.37. The van der Waals surface area contributed by atoms with Gasteiger partial charge in [-0.05, 0) is 32.6 Å². The summed E-state index contributed by atoms with van der Waals surface area (Å²) in [7, 11) is 1.49. The Hall–Kier alpha value is -1.10. The zero-order chi connectivity index (χ0) is 14.0. The molecule has 0 bridgehead atoms. The van der Waals surface area contributed by atoms with Crippen molar-refractivity contribution in [3.05, 3.63) is 0 Å². The number of rotatable bonds is 5. The summed E-state index contributed by atoms with van der Waals surface area (Å²) in [6, 6.07) is 0. The number of carbonyl (C=O) groups excluding carboxylic acids is 1. The second-order valence-electron chi connectivity index (χ2n) is 5.04. The molecule has 0 aromatic carbocycles. The van der Waals surface area contributed by atoms with E-state index in [1.807, 2.05) is 13.8 Å². The van der Waals surface area contributed by atoms with Crippen LogP contribution < -0.4 is 0 Å². The summed E-state index contributed by atoms with van der Waals surface area (Å²) >= 11 is 0. The molecule has 0 radical (unpaired) electrons. The smallest absolute Gasteiger partial charge is 0.329 e. The molecule has 2 unspecified atom stereocenters. The minimum absolute atomic E-state index is 0.214. The quantitative estimate of drug-likeness (QED) is 0.813. The fraction of sp³-hybridized carbons (Fsp3) is 0.846. The molecule has 0 spiro atoms. The maximum absolute atomic E-state index is 12.5. The van der Waals surface area contributed by atoms with Gasteiger partial charge in [-0.15, -0.1) is 0 Å². The van der Waals surface area contributed by atoms with E-state index < -0.39 is 17.1 Å². The van der Waals surface area contributed by atoms with Crippen LogP contribution in [-0.2, 0) is 14.3 Å². The number of hydrogen-bond donors (Lipinski definition) is 1. The van der Waals surface area contributed by atoms with Crippen LogP contribution in [0.2, 0.25) is 0 Å². The lowest BCUT2D eigenvalue weighted by Crippen LogP contribution is -2.58. The highest BCUT2D eigenvalue weighted by Crippen LogP contribution is 2.35. The van der Waals surface area contributed by atoms with Gasteiger partial charge in [-0.3, -0.25) is 4.79 Å². The van der Waals surface area contributed by atoms with E-state index in [0.717, 1.165) is 6.42 Å². The lowest BCUT2D eigenvalue weighted by Gasteiger charge is -2.39.